The Morgan fingerprint density at radius 3 is 2.61 bits per heavy atom. The van der Waals surface area contributed by atoms with Gasteiger partial charge in [-0.2, -0.15) is 14.1 Å². The van der Waals surface area contributed by atoms with E-state index in [2.05, 4.69) is 25.7 Å². The number of nitrogens with one attached hydrogen (secondary N) is 2. The van der Waals surface area contributed by atoms with E-state index in [9.17, 15) is 48.8 Å². The summed E-state index contributed by atoms with van der Waals surface area (Å²) in [5, 5.41) is 51.1. The van der Waals surface area contributed by atoms with Crippen LogP contribution in [0.3, 0.4) is 0 Å². The second kappa shape index (κ2) is 16.6. The fraction of sp³-hybridized carbons (Fsp3) is 0.225. The molecule has 2 aromatic carbocycles. The third kappa shape index (κ3) is 8.28. The van der Waals surface area contributed by atoms with E-state index in [1.54, 1.807) is 46.9 Å². The molecule has 18 nitrogen and oxygen atoms in total. The molecule has 0 saturated carbocycles. The zero-order valence-corrected chi connectivity index (χ0v) is 33.6. The first kappa shape index (κ1) is 40.8. The third-order valence-corrected chi connectivity index (χ3v) is 12.3. The number of benzene rings is 2. The van der Waals surface area contributed by atoms with Crippen LogP contribution in [0.25, 0.3) is 17.2 Å². The fourth-order valence-electron chi connectivity index (χ4n) is 7.05. The molecule has 3 aliphatic heterocycles. The summed E-state index contributed by atoms with van der Waals surface area (Å²) >= 11 is 2.36. The standard InChI is InChI=1S/C40H34FN9O9S2/c1-20-12-32(50-40(42-20)45-35(46-50)21-5-7-28(52)29(53)14-21)60-19-31(55)44-33-37(57)49-34(39(58)59)23(18-61-38(33)49)13-22-9-11-48(36(22)56)16-25-4-2-3-10-47(25)17-30(54)43-24-6-8-27(51)26(41)15-24/h2-8,10,12-15,33,38H,9,11,16-19H2,1H3,(H5-,43,44,46,51,52,53,54,55,58,59)/b22-13+/t33-,38-/m1/s1. The number of halogens is 1. The number of allylic oxidation sites excluding steroid dienone is 1. The molecule has 312 valence electrons. The molecule has 3 aromatic heterocycles. The number of carboxylic acids is 1. The maximum Gasteiger partial charge on any atom is 0.290 e. The Bertz CT molecular complexity index is 2740. The molecular weight excluding hydrogens is 834 g/mol. The number of phenolic OH excluding ortho intramolecular Hbond substituents is 3. The number of amides is 4. The van der Waals surface area contributed by atoms with Gasteiger partial charge in [0.1, 0.15) is 23.0 Å². The number of nitrogens with zero attached hydrogens (tertiary/aromatic N) is 7. The molecule has 6 heterocycles. The molecule has 2 saturated heterocycles. The van der Waals surface area contributed by atoms with Crippen LogP contribution in [-0.4, -0.2) is 104 Å². The summed E-state index contributed by atoms with van der Waals surface area (Å²) in [4.78, 5) is 76.9. The molecule has 5 aromatic rings. The highest BCUT2D eigenvalue weighted by Gasteiger charge is 2.52. The van der Waals surface area contributed by atoms with Crippen molar-refractivity contribution in [3.05, 3.63) is 107 Å². The quantitative estimate of drug-likeness (QED) is 0.0225. The summed E-state index contributed by atoms with van der Waals surface area (Å²) in [5.41, 5.74) is 2.00. The Hall–Kier alpha value is -7.00. The van der Waals surface area contributed by atoms with Gasteiger partial charge >= 0.3 is 0 Å². The number of carboxylic acid groups (broad SMARTS) is 1. The van der Waals surface area contributed by atoms with E-state index >= 15 is 0 Å². The summed E-state index contributed by atoms with van der Waals surface area (Å²) in [6, 6.07) is 13.6. The zero-order valence-electron chi connectivity index (χ0n) is 31.9. The molecule has 61 heavy (non-hydrogen) atoms. The maximum atomic E-state index is 13.8. The highest BCUT2D eigenvalue weighted by molar-refractivity contribution is 8.00. The molecule has 4 amide bonds. The number of aliphatic carboxylic acids is 1. The van der Waals surface area contributed by atoms with Gasteiger partial charge in [-0.25, -0.2) is 9.37 Å². The van der Waals surface area contributed by atoms with E-state index in [1.807, 2.05) is 0 Å². The molecule has 0 radical (unpaired) electrons. The van der Waals surface area contributed by atoms with Crippen LogP contribution < -0.4 is 20.3 Å². The van der Waals surface area contributed by atoms with Crippen LogP contribution in [0.1, 0.15) is 17.8 Å². The van der Waals surface area contributed by atoms with Crippen molar-refractivity contribution in [1.29, 1.82) is 0 Å². The number of thioether (sulfide) groups is 2. The van der Waals surface area contributed by atoms with Gasteiger partial charge in [-0.15, -0.1) is 16.9 Å². The summed E-state index contributed by atoms with van der Waals surface area (Å²) in [5.74, 6) is -5.16. The van der Waals surface area contributed by atoms with Crippen molar-refractivity contribution in [2.45, 2.75) is 42.9 Å². The molecule has 3 aliphatic rings. The minimum atomic E-state index is -1.60. The predicted molar refractivity (Wildman–Crippen MR) is 214 cm³/mol. The molecule has 2 atom stereocenters. The molecule has 2 fully saturated rings. The number of aryl methyl sites for hydroxylation is 1. The van der Waals surface area contributed by atoms with Crippen LogP contribution in [0.15, 0.2) is 94.8 Å². The number of anilines is 1. The second-order valence-electron chi connectivity index (χ2n) is 14.2. The molecule has 0 spiro atoms. The largest absolute Gasteiger partial charge is 0.543 e. The number of aromatic nitrogens is 5. The van der Waals surface area contributed by atoms with Gasteiger partial charge in [0.15, 0.2) is 35.1 Å². The summed E-state index contributed by atoms with van der Waals surface area (Å²) in [6.45, 7) is 2.03. The van der Waals surface area contributed by atoms with Crippen molar-refractivity contribution < 1.29 is 53.4 Å². The number of carbonyl (C=O) groups excluding carboxylic acids is 5. The van der Waals surface area contributed by atoms with Crippen molar-refractivity contribution in [2.75, 3.05) is 23.4 Å². The number of phenols is 3. The number of likely N-dealkylation sites (tertiary alicyclic amines) is 1. The van der Waals surface area contributed by atoms with E-state index in [-0.39, 0.29) is 70.6 Å². The predicted octanol–water partition coefficient (Wildman–Crippen LogP) is 1.14. The van der Waals surface area contributed by atoms with E-state index in [4.69, 9.17) is 0 Å². The highest BCUT2D eigenvalue weighted by Crippen LogP contribution is 2.41. The number of rotatable bonds is 12. The third-order valence-electron chi connectivity index (χ3n) is 9.99. The number of hydrogen-bond acceptors (Lipinski definition) is 14. The van der Waals surface area contributed by atoms with Crippen molar-refractivity contribution in [2.24, 2.45) is 0 Å². The number of β-lactam (4-membered cyclic amide) rings is 1. The SMILES string of the molecule is Cc1cc(SCC(=O)N[C@@H]2C(=O)N3C(C(=O)[O-])=C(/C=C4\CCN(Cc5cccc[n+]5CC(=O)Nc5ccc(O)c(F)c5)C4=O)CS[C@H]23)n2nc(-c3ccc(O)c(O)c3)nc2n1. The van der Waals surface area contributed by atoms with Crippen LogP contribution >= 0.6 is 23.5 Å². The number of pyridine rings is 1. The Kier molecular flexibility index (Phi) is 11.1. The first-order chi connectivity index (χ1) is 29.2. The lowest BCUT2D eigenvalue weighted by atomic mass is 10.0. The minimum Gasteiger partial charge on any atom is -0.543 e. The molecular formula is C40H34FN9O9S2. The van der Waals surface area contributed by atoms with Crippen molar-refractivity contribution >= 4 is 64.6 Å². The number of hydrogen-bond donors (Lipinski definition) is 5. The van der Waals surface area contributed by atoms with Crippen LogP contribution in [0, 0.1) is 12.7 Å². The molecule has 0 unspecified atom stereocenters. The summed E-state index contributed by atoms with van der Waals surface area (Å²) in [7, 11) is 0. The molecule has 0 bridgehead atoms. The zero-order chi connectivity index (χ0) is 43.1. The smallest absolute Gasteiger partial charge is 0.290 e. The first-order valence-electron chi connectivity index (χ1n) is 18.6. The monoisotopic (exact) mass is 867 g/mol. The van der Waals surface area contributed by atoms with Crippen molar-refractivity contribution in [1.82, 2.24) is 34.7 Å². The van der Waals surface area contributed by atoms with Gasteiger partial charge in [0.25, 0.3) is 17.6 Å². The molecule has 8 rings (SSSR count). The van der Waals surface area contributed by atoms with Gasteiger partial charge in [0.2, 0.25) is 24.1 Å². The second-order valence-corrected chi connectivity index (χ2v) is 16.3. The fourth-order valence-corrected chi connectivity index (χ4v) is 9.21. The normalized spacial score (nSPS) is 18.1. The van der Waals surface area contributed by atoms with E-state index < -0.39 is 46.7 Å². The van der Waals surface area contributed by atoms with E-state index in [0.29, 0.717) is 40.5 Å². The lowest BCUT2D eigenvalue weighted by Gasteiger charge is -2.50. The van der Waals surface area contributed by atoms with Gasteiger partial charge < -0.3 is 40.8 Å². The van der Waals surface area contributed by atoms with Crippen LogP contribution in [0.5, 0.6) is 17.2 Å². The van der Waals surface area contributed by atoms with Gasteiger partial charge in [0, 0.05) is 53.0 Å². The lowest BCUT2D eigenvalue weighted by Crippen LogP contribution is -2.71. The summed E-state index contributed by atoms with van der Waals surface area (Å²) in [6.07, 6.45) is 3.43. The van der Waals surface area contributed by atoms with Crippen molar-refractivity contribution in [3.8, 4) is 28.6 Å². The Labute approximate surface area is 353 Å². The van der Waals surface area contributed by atoms with Crippen LogP contribution in [0.2, 0.25) is 0 Å². The Balaban J connectivity index is 0.901. The van der Waals surface area contributed by atoms with Gasteiger partial charge in [-0.1, -0.05) is 17.8 Å². The Morgan fingerprint density at radius 2 is 1.84 bits per heavy atom. The number of fused-ring (bicyclic) bond motifs is 2. The minimum absolute atomic E-state index is 0.121. The first-order valence-corrected chi connectivity index (χ1v) is 20.6. The molecule has 21 heteroatoms. The average Bonchev–Trinajstić information content (AvgIpc) is 3.81. The van der Waals surface area contributed by atoms with Gasteiger partial charge in [-0.3, -0.25) is 24.1 Å². The number of carbonyl (C=O) groups is 5. The van der Waals surface area contributed by atoms with Crippen LogP contribution in [-0.2, 0) is 37.1 Å². The maximum absolute atomic E-state index is 13.8. The van der Waals surface area contributed by atoms with Gasteiger partial charge in [0.05, 0.1) is 17.4 Å². The van der Waals surface area contributed by atoms with Gasteiger partial charge in [-0.05, 0) is 61.4 Å². The van der Waals surface area contributed by atoms with E-state index in [0.717, 1.165) is 28.8 Å². The van der Waals surface area contributed by atoms with Crippen molar-refractivity contribution in [3.63, 3.8) is 0 Å². The van der Waals surface area contributed by atoms with E-state index in [1.165, 1.54) is 46.6 Å². The van der Waals surface area contributed by atoms with Crippen LogP contribution in [0.4, 0.5) is 10.1 Å². The molecule has 0 aliphatic carbocycles. The highest BCUT2D eigenvalue weighted by atomic mass is 32.2. The lowest BCUT2D eigenvalue weighted by molar-refractivity contribution is -0.692. The number of aromatic hydroxyl groups is 3. The Morgan fingerprint density at radius 1 is 1.03 bits per heavy atom. The topological polar surface area (TPSA) is 247 Å². The molecule has 5 N–H and O–H groups in total. The average molecular weight is 868 g/mol. The summed E-state index contributed by atoms with van der Waals surface area (Å²) < 4.78 is 16.8.